The maximum absolute atomic E-state index is 10.4. The molecule has 226 valence electrons. The minimum absolute atomic E-state index is 0.0668. The van der Waals surface area contributed by atoms with Gasteiger partial charge >= 0.3 is 0 Å². The molecule has 0 atom stereocenters. The van der Waals surface area contributed by atoms with E-state index in [-0.39, 0.29) is 5.57 Å². The lowest BCUT2D eigenvalue weighted by Gasteiger charge is -2.15. The Labute approximate surface area is 280 Å². The Balaban J connectivity index is 1.53. The van der Waals surface area contributed by atoms with Gasteiger partial charge in [-0.3, -0.25) is 0 Å². The summed E-state index contributed by atoms with van der Waals surface area (Å²) >= 11 is 0. The van der Waals surface area contributed by atoms with Gasteiger partial charge in [-0.25, -0.2) is 0 Å². The average molecular weight is 615 g/mol. The Kier molecular flexibility index (Phi) is 7.98. The second-order valence-corrected chi connectivity index (χ2v) is 11.6. The fraction of sp³-hybridized carbons (Fsp3) is 0. The van der Waals surface area contributed by atoms with Gasteiger partial charge in [-0.15, -0.1) is 0 Å². The van der Waals surface area contributed by atoms with Crippen LogP contribution in [0.1, 0.15) is 22.3 Å². The van der Waals surface area contributed by atoms with Gasteiger partial charge in [-0.2, -0.15) is 10.5 Å². The third-order valence-electron chi connectivity index (χ3n) is 8.68. The number of nitrogens with two attached hydrogens (primary N) is 2. The highest BCUT2D eigenvalue weighted by molar-refractivity contribution is 6.35. The van der Waals surface area contributed by atoms with Gasteiger partial charge in [-0.1, -0.05) is 133 Å². The van der Waals surface area contributed by atoms with Crippen LogP contribution in [0.5, 0.6) is 0 Å². The van der Waals surface area contributed by atoms with Gasteiger partial charge in [0.05, 0.1) is 0 Å². The van der Waals surface area contributed by atoms with Crippen LogP contribution in [0.2, 0.25) is 0 Å². The van der Waals surface area contributed by atoms with Gasteiger partial charge in [0.25, 0.3) is 0 Å². The number of nitrogens with zero attached hydrogens (tertiary/aromatic N) is 2. The van der Waals surface area contributed by atoms with Crippen molar-refractivity contribution in [3.05, 3.63) is 191 Å². The molecule has 0 fully saturated rings. The van der Waals surface area contributed by atoms with E-state index in [2.05, 4.69) is 60.7 Å². The first-order valence-corrected chi connectivity index (χ1v) is 15.6. The molecule has 6 aromatic rings. The third kappa shape index (κ3) is 5.56. The lowest BCUT2D eigenvalue weighted by atomic mass is 9.88. The topological polar surface area (TPSA) is 99.6 Å². The van der Waals surface area contributed by atoms with Crippen LogP contribution >= 0.6 is 0 Å². The molecule has 0 aliphatic heterocycles. The van der Waals surface area contributed by atoms with Crippen molar-refractivity contribution in [2.45, 2.75) is 0 Å². The van der Waals surface area contributed by atoms with Crippen LogP contribution in [0.25, 0.3) is 44.5 Å². The summed E-state index contributed by atoms with van der Waals surface area (Å²) in [5.41, 5.74) is 25.7. The molecule has 4 heteroatoms. The highest BCUT2D eigenvalue weighted by Gasteiger charge is 2.35. The van der Waals surface area contributed by atoms with Gasteiger partial charge in [0.15, 0.2) is 0 Å². The van der Waals surface area contributed by atoms with Gasteiger partial charge in [-0.05, 0) is 79.9 Å². The lowest BCUT2D eigenvalue weighted by Crippen LogP contribution is -1.96. The molecule has 0 spiro atoms. The molecule has 0 saturated carbocycles. The zero-order chi connectivity index (χ0) is 33.0. The minimum atomic E-state index is 0.0668. The first-order valence-electron chi connectivity index (χ1n) is 15.6. The fourth-order valence-corrected chi connectivity index (χ4v) is 6.39. The van der Waals surface area contributed by atoms with E-state index in [9.17, 15) is 10.5 Å². The molecule has 0 heterocycles. The highest BCUT2D eigenvalue weighted by atomic mass is 14.5. The lowest BCUT2D eigenvalue weighted by molar-refractivity contribution is 1.44. The normalized spacial score (nSPS) is 12.5. The van der Waals surface area contributed by atoms with Crippen LogP contribution in [0, 0.1) is 22.7 Å². The molecule has 0 radical (unpaired) electrons. The Hall–Kier alpha value is -6.88. The minimum Gasteiger partial charge on any atom is -0.399 e. The summed E-state index contributed by atoms with van der Waals surface area (Å²) in [6, 6.07) is 57.1. The number of hydrogen-bond acceptors (Lipinski definition) is 4. The molecule has 1 aliphatic carbocycles. The molecule has 48 heavy (non-hydrogen) atoms. The largest absolute Gasteiger partial charge is 0.399 e. The molecule has 0 saturated heterocycles. The van der Waals surface area contributed by atoms with Gasteiger partial charge in [0.2, 0.25) is 0 Å². The second kappa shape index (κ2) is 12.9. The molecule has 4 N–H and O–H groups in total. The quantitative estimate of drug-likeness (QED) is 0.144. The summed E-state index contributed by atoms with van der Waals surface area (Å²) in [6.07, 6.45) is 0. The number of rotatable bonds is 6. The second-order valence-electron chi connectivity index (χ2n) is 11.6. The molecular weight excluding hydrogens is 585 g/mol. The number of nitriles is 2. The van der Waals surface area contributed by atoms with Crippen LogP contribution in [0.3, 0.4) is 0 Å². The molecule has 0 aromatic heterocycles. The number of anilines is 2. The first kappa shape index (κ1) is 29.8. The molecule has 1 aliphatic rings. The van der Waals surface area contributed by atoms with Crippen LogP contribution < -0.4 is 11.5 Å². The van der Waals surface area contributed by atoms with Crippen molar-refractivity contribution in [3.8, 4) is 34.4 Å². The summed E-state index contributed by atoms with van der Waals surface area (Å²) in [7, 11) is 0. The van der Waals surface area contributed by atoms with Crippen molar-refractivity contribution >= 4 is 33.7 Å². The summed E-state index contributed by atoms with van der Waals surface area (Å²) in [4.78, 5) is 0. The smallest absolute Gasteiger partial charge is 0.138 e. The van der Waals surface area contributed by atoms with Gasteiger partial charge in [0, 0.05) is 28.1 Å². The number of hydrogen-bond donors (Lipinski definition) is 2. The van der Waals surface area contributed by atoms with Gasteiger partial charge < -0.3 is 11.5 Å². The van der Waals surface area contributed by atoms with E-state index in [1.807, 2.05) is 109 Å². The number of benzene rings is 6. The van der Waals surface area contributed by atoms with E-state index in [0.717, 1.165) is 78.2 Å². The fourth-order valence-electron chi connectivity index (χ4n) is 6.39. The zero-order valence-corrected chi connectivity index (χ0v) is 26.1. The highest BCUT2D eigenvalue weighted by Crippen LogP contribution is 2.55. The SMILES string of the molecule is N#CC(C#N)=C1C(c2ccccc2)=C(c2ccc(-c3ccc(N)cc3)cc2)C(c2ccc(-c3ccc(N)cc3)cc2)=C1c1ccccc1. The van der Waals surface area contributed by atoms with E-state index < -0.39 is 0 Å². The van der Waals surface area contributed by atoms with Crippen LogP contribution in [-0.2, 0) is 0 Å². The molecule has 0 amide bonds. The summed E-state index contributed by atoms with van der Waals surface area (Å²) in [5, 5.41) is 20.8. The predicted molar refractivity (Wildman–Crippen MR) is 197 cm³/mol. The van der Waals surface area contributed by atoms with Crippen molar-refractivity contribution in [1.82, 2.24) is 0 Å². The van der Waals surface area contributed by atoms with Crippen molar-refractivity contribution < 1.29 is 0 Å². The van der Waals surface area contributed by atoms with Crippen molar-refractivity contribution in [3.63, 3.8) is 0 Å². The van der Waals surface area contributed by atoms with E-state index >= 15 is 0 Å². The molecule has 6 aromatic carbocycles. The van der Waals surface area contributed by atoms with Crippen molar-refractivity contribution in [1.29, 1.82) is 10.5 Å². The Morgan fingerprint density at radius 3 is 0.917 bits per heavy atom. The van der Waals surface area contributed by atoms with E-state index in [1.165, 1.54) is 0 Å². The Morgan fingerprint density at radius 2 is 0.604 bits per heavy atom. The standard InChI is InChI=1S/C44H30N4/c45-27-37(28-46)44-40(33-7-3-1-4-8-33)42(35-15-11-29(12-16-35)31-19-23-38(47)24-20-31)43(41(44)34-9-5-2-6-10-34)36-17-13-30(14-18-36)32-21-25-39(48)26-22-32/h1-26H,47-48H2. The number of nitrogen functional groups attached to an aromatic ring is 2. The molecule has 0 bridgehead atoms. The molecule has 0 unspecified atom stereocenters. The van der Waals surface area contributed by atoms with Crippen LogP contribution in [0.15, 0.2) is 169 Å². The molecule has 7 rings (SSSR count). The monoisotopic (exact) mass is 614 g/mol. The summed E-state index contributed by atoms with van der Waals surface area (Å²) in [5.74, 6) is 0. The zero-order valence-electron chi connectivity index (χ0n) is 26.1. The summed E-state index contributed by atoms with van der Waals surface area (Å²) < 4.78 is 0. The van der Waals surface area contributed by atoms with Crippen LogP contribution in [-0.4, -0.2) is 0 Å². The van der Waals surface area contributed by atoms with Crippen molar-refractivity contribution in [2.75, 3.05) is 11.5 Å². The van der Waals surface area contributed by atoms with Gasteiger partial charge in [0.1, 0.15) is 17.7 Å². The predicted octanol–water partition coefficient (Wildman–Crippen LogP) is 10.1. The van der Waals surface area contributed by atoms with E-state index in [0.29, 0.717) is 5.57 Å². The third-order valence-corrected chi connectivity index (χ3v) is 8.68. The van der Waals surface area contributed by atoms with Crippen molar-refractivity contribution in [2.24, 2.45) is 0 Å². The van der Waals surface area contributed by atoms with Crippen LogP contribution in [0.4, 0.5) is 11.4 Å². The van der Waals surface area contributed by atoms with E-state index in [1.54, 1.807) is 0 Å². The Bertz CT molecular complexity index is 2130. The number of allylic oxidation sites excluding steroid dienone is 6. The first-order chi connectivity index (χ1) is 23.6. The molecule has 4 nitrogen and oxygen atoms in total. The summed E-state index contributed by atoms with van der Waals surface area (Å²) in [6.45, 7) is 0. The van der Waals surface area contributed by atoms with E-state index in [4.69, 9.17) is 11.5 Å². The average Bonchev–Trinajstić information content (AvgIpc) is 3.49. The maximum atomic E-state index is 10.4. The molecular formula is C44H30N4. The Morgan fingerprint density at radius 1 is 0.333 bits per heavy atom. The maximum Gasteiger partial charge on any atom is 0.138 e.